The Hall–Kier alpha value is 0.497. The average molecular weight is 353 g/mol. The summed E-state index contributed by atoms with van der Waals surface area (Å²) in [7, 11) is 0.866. The highest BCUT2D eigenvalue weighted by Gasteiger charge is 2.14. The van der Waals surface area contributed by atoms with Gasteiger partial charge in [0.1, 0.15) is 0 Å². The molecule has 0 aromatic heterocycles. The molecule has 0 spiro atoms. The van der Waals surface area contributed by atoms with Gasteiger partial charge in [-0.3, -0.25) is 0 Å². The van der Waals surface area contributed by atoms with Crippen molar-refractivity contribution in [2.75, 3.05) is 13.2 Å². The van der Waals surface area contributed by atoms with Crippen molar-refractivity contribution in [3.05, 3.63) is 12.2 Å². The SMILES string of the molecule is C=C(C)COCCCCCCCCCCCCC([SiH3])(Cl)Cl. The van der Waals surface area contributed by atoms with Gasteiger partial charge in [-0.05, 0) is 19.8 Å². The van der Waals surface area contributed by atoms with E-state index in [1.165, 1.54) is 64.2 Å². The Labute approximate surface area is 145 Å². The van der Waals surface area contributed by atoms with Crippen molar-refractivity contribution in [2.45, 2.75) is 81.5 Å². The summed E-state index contributed by atoms with van der Waals surface area (Å²) in [5, 5.41) is 0. The monoisotopic (exact) mass is 352 g/mol. The maximum Gasteiger partial charge on any atom is 0.0972 e. The Morgan fingerprint density at radius 2 is 1.33 bits per heavy atom. The lowest BCUT2D eigenvalue weighted by Crippen LogP contribution is -2.11. The third-order valence-corrected chi connectivity index (χ3v) is 4.38. The number of hydrogen-bond donors (Lipinski definition) is 0. The van der Waals surface area contributed by atoms with Crippen LogP contribution in [-0.4, -0.2) is 27.4 Å². The molecular weight excluding hydrogens is 319 g/mol. The molecule has 0 saturated heterocycles. The molecule has 0 aliphatic rings. The molecule has 0 radical (unpaired) electrons. The Morgan fingerprint density at radius 3 is 1.76 bits per heavy atom. The van der Waals surface area contributed by atoms with Gasteiger partial charge in [0, 0.05) is 16.8 Å². The first-order valence-electron chi connectivity index (χ1n) is 8.52. The molecule has 0 aromatic carbocycles. The molecule has 1 nitrogen and oxygen atoms in total. The van der Waals surface area contributed by atoms with Crippen LogP contribution in [0.2, 0.25) is 0 Å². The van der Waals surface area contributed by atoms with E-state index in [1.54, 1.807) is 0 Å². The average Bonchev–Trinajstić information content (AvgIpc) is 2.37. The van der Waals surface area contributed by atoms with Crippen LogP contribution in [0.5, 0.6) is 0 Å². The van der Waals surface area contributed by atoms with Crippen molar-refractivity contribution >= 4 is 33.4 Å². The standard InChI is InChI=1S/C17H34Cl2OSi/c1-16(2)15-20-14-12-10-8-6-4-3-5-7-9-11-13-17(18,19)21/h1,3-15H2,2,21H3. The summed E-state index contributed by atoms with van der Waals surface area (Å²) in [5.41, 5.74) is 1.11. The van der Waals surface area contributed by atoms with E-state index < -0.39 is 3.96 Å². The smallest absolute Gasteiger partial charge is 0.0972 e. The van der Waals surface area contributed by atoms with Crippen LogP contribution in [0.15, 0.2) is 12.2 Å². The highest BCUT2D eigenvalue weighted by Crippen LogP contribution is 2.23. The van der Waals surface area contributed by atoms with E-state index in [4.69, 9.17) is 27.9 Å². The van der Waals surface area contributed by atoms with Crippen molar-refractivity contribution in [1.82, 2.24) is 0 Å². The highest BCUT2D eigenvalue weighted by atomic mass is 35.5. The predicted molar refractivity (Wildman–Crippen MR) is 101 cm³/mol. The van der Waals surface area contributed by atoms with Gasteiger partial charge in [0.15, 0.2) is 0 Å². The molecule has 126 valence electrons. The second-order valence-corrected chi connectivity index (χ2v) is 11.2. The lowest BCUT2D eigenvalue weighted by Gasteiger charge is -2.12. The molecule has 0 heterocycles. The largest absolute Gasteiger partial charge is 0.377 e. The summed E-state index contributed by atoms with van der Waals surface area (Å²) in [5.74, 6) is 0. The van der Waals surface area contributed by atoms with Crippen molar-refractivity contribution in [3.63, 3.8) is 0 Å². The Balaban J connectivity index is 3.04. The summed E-state index contributed by atoms with van der Waals surface area (Å²) in [6.45, 7) is 7.43. The molecular formula is C17H34Cl2OSi. The fraction of sp³-hybridized carbons (Fsp3) is 0.882. The van der Waals surface area contributed by atoms with E-state index in [9.17, 15) is 0 Å². The molecule has 4 heteroatoms. The molecule has 0 fully saturated rings. The lowest BCUT2D eigenvalue weighted by molar-refractivity contribution is 0.151. The molecule has 0 N–H and O–H groups in total. The Kier molecular flexibility index (Phi) is 14.4. The minimum Gasteiger partial charge on any atom is -0.377 e. The summed E-state index contributed by atoms with van der Waals surface area (Å²) < 4.78 is 5.09. The molecule has 0 aromatic rings. The van der Waals surface area contributed by atoms with E-state index in [1.807, 2.05) is 6.92 Å². The van der Waals surface area contributed by atoms with Crippen LogP contribution in [0.25, 0.3) is 0 Å². The topological polar surface area (TPSA) is 9.23 Å². The number of ether oxygens (including phenoxy) is 1. The molecule has 0 aliphatic heterocycles. The molecule has 0 rings (SSSR count). The van der Waals surface area contributed by atoms with Gasteiger partial charge in [-0.1, -0.05) is 69.9 Å². The number of hydrogen-bond acceptors (Lipinski definition) is 1. The van der Waals surface area contributed by atoms with Gasteiger partial charge in [0.2, 0.25) is 0 Å². The minimum atomic E-state index is -0.395. The van der Waals surface area contributed by atoms with Gasteiger partial charge >= 0.3 is 0 Å². The number of unbranched alkanes of at least 4 members (excludes halogenated alkanes) is 9. The number of rotatable bonds is 15. The molecule has 0 saturated carbocycles. The molecule has 0 bridgehead atoms. The van der Waals surface area contributed by atoms with Crippen LogP contribution >= 0.6 is 23.2 Å². The van der Waals surface area contributed by atoms with E-state index >= 15 is 0 Å². The number of halogens is 2. The predicted octanol–water partition coefficient (Wildman–Crippen LogP) is 5.37. The van der Waals surface area contributed by atoms with Gasteiger partial charge in [-0.25, -0.2) is 0 Å². The minimum absolute atomic E-state index is 0.395. The molecule has 0 aliphatic carbocycles. The van der Waals surface area contributed by atoms with Crippen LogP contribution in [0, 0.1) is 0 Å². The lowest BCUT2D eigenvalue weighted by atomic mass is 10.1. The zero-order chi connectivity index (χ0) is 16.0. The van der Waals surface area contributed by atoms with Crippen molar-refractivity contribution in [2.24, 2.45) is 0 Å². The van der Waals surface area contributed by atoms with E-state index in [0.717, 1.165) is 35.5 Å². The van der Waals surface area contributed by atoms with Crippen molar-refractivity contribution < 1.29 is 4.74 Å². The van der Waals surface area contributed by atoms with Crippen LogP contribution in [0.1, 0.15) is 77.6 Å². The van der Waals surface area contributed by atoms with Crippen LogP contribution in [0.3, 0.4) is 0 Å². The summed E-state index contributed by atoms with van der Waals surface area (Å²) in [6, 6.07) is 0. The number of alkyl halides is 2. The first-order chi connectivity index (χ1) is 9.92. The second kappa shape index (κ2) is 14.1. The van der Waals surface area contributed by atoms with E-state index in [0.29, 0.717) is 0 Å². The van der Waals surface area contributed by atoms with Gasteiger partial charge in [0.05, 0.1) is 10.6 Å². The van der Waals surface area contributed by atoms with E-state index in [-0.39, 0.29) is 0 Å². The van der Waals surface area contributed by atoms with Gasteiger partial charge < -0.3 is 4.74 Å². The summed E-state index contributed by atoms with van der Waals surface area (Å²) in [6.07, 6.45) is 14.1. The third-order valence-electron chi connectivity index (χ3n) is 3.50. The third kappa shape index (κ3) is 20.5. The molecule has 21 heavy (non-hydrogen) atoms. The van der Waals surface area contributed by atoms with Crippen molar-refractivity contribution in [3.8, 4) is 0 Å². The van der Waals surface area contributed by atoms with Crippen LogP contribution in [0.4, 0.5) is 0 Å². The quantitative estimate of drug-likeness (QED) is 0.166. The second-order valence-electron chi connectivity index (χ2n) is 6.37. The Morgan fingerprint density at radius 1 is 0.905 bits per heavy atom. The van der Waals surface area contributed by atoms with Crippen LogP contribution in [-0.2, 0) is 4.74 Å². The van der Waals surface area contributed by atoms with Gasteiger partial charge in [-0.2, -0.15) is 0 Å². The van der Waals surface area contributed by atoms with Gasteiger partial charge in [-0.15, -0.1) is 23.2 Å². The normalized spacial score (nSPS) is 12.0. The first kappa shape index (κ1) is 21.5. The molecule has 0 atom stereocenters. The van der Waals surface area contributed by atoms with Crippen LogP contribution < -0.4 is 0 Å². The van der Waals surface area contributed by atoms with Crippen molar-refractivity contribution in [1.29, 1.82) is 0 Å². The zero-order valence-corrected chi connectivity index (χ0v) is 17.6. The summed E-state index contributed by atoms with van der Waals surface area (Å²) in [4.78, 5) is 0. The van der Waals surface area contributed by atoms with Gasteiger partial charge in [0.25, 0.3) is 0 Å². The summed E-state index contributed by atoms with van der Waals surface area (Å²) >= 11 is 12.0. The zero-order valence-electron chi connectivity index (χ0n) is 14.1. The first-order valence-corrected chi connectivity index (χ1v) is 10.3. The highest BCUT2D eigenvalue weighted by molar-refractivity contribution is 6.65. The maximum atomic E-state index is 6.01. The van der Waals surface area contributed by atoms with E-state index in [2.05, 4.69) is 6.58 Å². The molecule has 0 amide bonds. The Bertz CT molecular complexity index is 252. The fourth-order valence-electron chi connectivity index (χ4n) is 2.30. The maximum absolute atomic E-state index is 6.01. The molecule has 0 unspecified atom stereocenters. The fourth-order valence-corrected chi connectivity index (χ4v) is 2.92.